The summed E-state index contributed by atoms with van der Waals surface area (Å²) < 4.78 is 2.00. The smallest absolute Gasteiger partial charge is 0.137 e. The van der Waals surface area contributed by atoms with Crippen LogP contribution in [0.15, 0.2) is 12.7 Å². The lowest BCUT2D eigenvalue weighted by Crippen LogP contribution is -2.26. The van der Waals surface area contributed by atoms with E-state index < -0.39 is 0 Å². The van der Waals surface area contributed by atoms with Gasteiger partial charge in [0.1, 0.15) is 12.7 Å². The van der Waals surface area contributed by atoms with Gasteiger partial charge in [-0.2, -0.15) is 5.10 Å². The zero-order valence-electron chi connectivity index (χ0n) is 17.3. The molecule has 0 aromatic carbocycles. The molecule has 0 atom stereocenters. The first-order valence-electron chi connectivity index (χ1n) is 11.0. The maximum Gasteiger partial charge on any atom is 0.137 e. The Morgan fingerprint density at radius 3 is 1.52 bits per heavy atom. The lowest BCUT2D eigenvalue weighted by molar-refractivity contribution is 0.283. The van der Waals surface area contributed by atoms with E-state index in [1.165, 1.54) is 103 Å². The Bertz CT molecular complexity index is 384. The van der Waals surface area contributed by atoms with E-state index in [2.05, 4.69) is 30.9 Å². The molecule has 1 heterocycles. The third-order valence-electron chi connectivity index (χ3n) is 5.43. The summed E-state index contributed by atoms with van der Waals surface area (Å²) in [7, 11) is 0. The van der Waals surface area contributed by atoms with Crippen molar-refractivity contribution in [3.63, 3.8) is 0 Å². The van der Waals surface area contributed by atoms with Crippen LogP contribution in [0.1, 0.15) is 124 Å². The van der Waals surface area contributed by atoms with Gasteiger partial charge in [-0.15, -0.1) is 0 Å². The standard InChI is InChI=1S/C22H43N3/c1-4-5-6-7-8-9-10-11-12-13-14-15-16-17-18-19-22(2,3)25-21-23-20-24-25/h20-21H,4-19H2,1-3H3. The topological polar surface area (TPSA) is 30.7 Å². The Kier molecular flexibility index (Phi) is 12.7. The molecule has 146 valence electrons. The minimum absolute atomic E-state index is 0.104. The van der Waals surface area contributed by atoms with Crippen LogP contribution in [0, 0.1) is 0 Å². The Hall–Kier alpha value is -0.860. The minimum atomic E-state index is 0.104. The Labute approximate surface area is 157 Å². The van der Waals surface area contributed by atoms with Crippen molar-refractivity contribution in [2.24, 2.45) is 0 Å². The number of hydrogen-bond acceptors (Lipinski definition) is 2. The summed E-state index contributed by atoms with van der Waals surface area (Å²) in [6.45, 7) is 6.80. The fourth-order valence-electron chi connectivity index (χ4n) is 3.56. The number of rotatable bonds is 17. The van der Waals surface area contributed by atoms with Gasteiger partial charge in [-0.3, -0.25) is 0 Å². The molecule has 0 fully saturated rings. The second-order valence-corrected chi connectivity index (χ2v) is 8.35. The highest BCUT2D eigenvalue weighted by atomic mass is 15.3. The highest BCUT2D eigenvalue weighted by Gasteiger charge is 2.19. The number of hydrogen-bond donors (Lipinski definition) is 0. The maximum absolute atomic E-state index is 4.28. The average molecular weight is 350 g/mol. The van der Waals surface area contributed by atoms with E-state index in [0.717, 1.165) is 0 Å². The van der Waals surface area contributed by atoms with Crippen LogP contribution in [0.25, 0.3) is 0 Å². The van der Waals surface area contributed by atoms with Crippen molar-refractivity contribution >= 4 is 0 Å². The summed E-state index contributed by atoms with van der Waals surface area (Å²) in [6, 6.07) is 0. The van der Waals surface area contributed by atoms with Crippen LogP contribution in [-0.4, -0.2) is 14.8 Å². The lowest BCUT2D eigenvalue weighted by Gasteiger charge is -2.24. The number of unbranched alkanes of at least 4 members (excludes halogenated alkanes) is 14. The molecule has 0 aliphatic heterocycles. The van der Waals surface area contributed by atoms with Gasteiger partial charge in [0.25, 0.3) is 0 Å². The van der Waals surface area contributed by atoms with Gasteiger partial charge >= 0.3 is 0 Å². The summed E-state index contributed by atoms with van der Waals surface area (Å²) >= 11 is 0. The van der Waals surface area contributed by atoms with Gasteiger partial charge in [-0.25, -0.2) is 9.67 Å². The maximum atomic E-state index is 4.28. The zero-order valence-corrected chi connectivity index (χ0v) is 17.3. The molecule has 25 heavy (non-hydrogen) atoms. The summed E-state index contributed by atoms with van der Waals surface area (Å²) in [5, 5.41) is 4.28. The fourth-order valence-corrected chi connectivity index (χ4v) is 3.56. The monoisotopic (exact) mass is 349 g/mol. The Balaban J connectivity index is 1.80. The lowest BCUT2D eigenvalue weighted by atomic mass is 9.96. The van der Waals surface area contributed by atoms with E-state index in [9.17, 15) is 0 Å². The molecule has 0 saturated carbocycles. The molecule has 1 aromatic heterocycles. The normalized spacial score (nSPS) is 12.0. The molecule has 0 aliphatic carbocycles. The molecular formula is C22H43N3. The Morgan fingerprint density at radius 2 is 1.12 bits per heavy atom. The first-order valence-corrected chi connectivity index (χ1v) is 11.0. The van der Waals surface area contributed by atoms with Gasteiger partial charge < -0.3 is 0 Å². The third kappa shape index (κ3) is 11.4. The zero-order chi connectivity index (χ0) is 18.2. The summed E-state index contributed by atoms with van der Waals surface area (Å²) in [5.41, 5.74) is 0.104. The first-order chi connectivity index (χ1) is 12.2. The minimum Gasteiger partial charge on any atom is -0.247 e. The predicted octanol–water partition coefficient (Wildman–Crippen LogP) is 7.27. The van der Waals surface area contributed by atoms with Gasteiger partial charge in [-0.1, -0.05) is 103 Å². The van der Waals surface area contributed by atoms with Crippen molar-refractivity contribution < 1.29 is 0 Å². The first kappa shape index (κ1) is 22.2. The molecule has 0 spiro atoms. The molecule has 0 aliphatic rings. The van der Waals surface area contributed by atoms with E-state index in [4.69, 9.17) is 0 Å². The van der Waals surface area contributed by atoms with Gasteiger partial charge in [0.05, 0.1) is 5.54 Å². The van der Waals surface area contributed by atoms with E-state index in [-0.39, 0.29) is 5.54 Å². The molecule has 1 rings (SSSR count). The van der Waals surface area contributed by atoms with Crippen LogP contribution in [0.4, 0.5) is 0 Å². The van der Waals surface area contributed by atoms with Crippen LogP contribution in [-0.2, 0) is 5.54 Å². The van der Waals surface area contributed by atoms with Crippen molar-refractivity contribution in [2.45, 2.75) is 129 Å². The van der Waals surface area contributed by atoms with E-state index in [1.807, 2.05) is 11.0 Å². The van der Waals surface area contributed by atoms with E-state index >= 15 is 0 Å². The molecule has 1 aromatic rings. The molecular weight excluding hydrogens is 306 g/mol. The predicted molar refractivity (Wildman–Crippen MR) is 109 cm³/mol. The molecule has 0 N–H and O–H groups in total. The summed E-state index contributed by atoms with van der Waals surface area (Å²) in [5.74, 6) is 0. The molecule has 0 amide bonds. The largest absolute Gasteiger partial charge is 0.247 e. The van der Waals surface area contributed by atoms with E-state index in [0.29, 0.717) is 0 Å². The van der Waals surface area contributed by atoms with Crippen molar-refractivity contribution in [3.05, 3.63) is 12.7 Å². The van der Waals surface area contributed by atoms with Crippen LogP contribution >= 0.6 is 0 Å². The average Bonchev–Trinajstić information content (AvgIpc) is 3.14. The summed E-state index contributed by atoms with van der Waals surface area (Å²) in [6.07, 6.45) is 26.0. The van der Waals surface area contributed by atoms with Crippen LogP contribution < -0.4 is 0 Å². The van der Waals surface area contributed by atoms with Gasteiger partial charge in [-0.05, 0) is 20.3 Å². The second-order valence-electron chi connectivity index (χ2n) is 8.35. The van der Waals surface area contributed by atoms with Crippen LogP contribution in [0.2, 0.25) is 0 Å². The molecule has 0 bridgehead atoms. The number of aromatic nitrogens is 3. The van der Waals surface area contributed by atoms with Gasteiger partial charge in [0.15, 0.2) is 0 Å². The highest BCUT2D eigenvalue weighted by molar-refractivity contribution is 4.76. The SMILES string of the molecule is CCCCCCCCCCCCCCCCCC(C)(C)n1cncn1. The number of nitrogens with zero attached hydrogens (tertiary/aromatic N) is 3. The molecule has 0 saturated heterocycles. The second kappa shape index (κ2) is 14.3. The molecule has 3 nitrogen and oxygen atoms in total. The van der Waals surface area contributed by atoms with Crippen LogP contribution in [0.5, 0.6) is 0 Å². The fraction of sp³-hybridized carbons (Fsp3) is 0.909. The molecule has 0 radical (unpaired) electrons. The summed E-state index contributed by atoms with van der Waals surface area (Å²) in [4.78, 5) is 4.06. The molecule has 3 heteroatoms. The van der Waals surface area contributed by atoms with Crippen molar-refractivity contribution in [3.8, 4) is 0 Å². The van der Waals surface area contributed by atoms with Crippen molar-refractivity contribution in [1.82, 2.24) is 14.8 Å². The van der Waals surface area contributed by atoms with Crippen LogP contribution in [0.3, 0.4) is 0 Å². The van der Waals surface area contributed by atoms with E-state index in [1.54, 1.807) is 6.33 Å². The van der Waals surface area contributed by atoms with Crippen molar-refractivity contribution in [2.75, 3.05) is 0 Å². The quantitative estimate of drug-likeness (QED) is 0.277. The molecule has 0 unspecified atom stereocenters. The van der Waals surface area contributed by atoms with Gasteiger partial charge in [0.2, 0.25) is 0 Å². The third-order valence-corrected chi connectivity index (χ3v) is 5.43. The Morgan fingerprint density at radius 1 is 0.680 bits per heavy atom. The van der Waals surface area contributed by atoms with Gasteiger partial charge in [0, 0.05) is 0 Å². The highest BCUT2D eigenvalue weighted by Crippen LogP contribution is 2.22. The van der Waals surface area contributed by atoms with Crippen molar-refractivity contribution in [1.29, 1.82) is 0 Å².